The van der Waals surface area contributed by atoms with Crippen molar-refractivity contribution in [1.82, 2.24) is 9.55 Å². The summed E-state index contributed by atoms with van der Waals surface area (Å²) in [7, 11) is 0. The van der Waals surface area contributed by atoms with Crippen LogP contribution in [0, 0.1) is 6.92 Å². The third-order valence-corrected chi connectivity index (χ3v) is 2.63. The van der Waals surface area contributed by atoms with Crippen molar-refractivity contribution in [1.29, 1.82) is 0 Å². The van der Waals surface area contributed by atoms with Gasteiger partial charge in [0, 0.05) is 18.8 Å². The number of anilines is 1. The molecule has 1 aliphatic carbocycles. The molecule has 0 saturated heterocycles. The van der Waals surface area contributed by atoms with E-state index in [0.717, 1.165) is 24.8 Å². The van der Waals surface area contributed by atoms with Crippen molar-refractivity contribution in [3.8, 4) is 0 Å². The van der Waals surface area contributed by atoms with Crippen molar-refractivity contribution in [2.24, 2.45) is 0 Å². The standard InChI is InChI=1S/C12H21N3O/c1-9(2)16-7-6-13-12-14-10(3)8-15(12)11-4-5-11/h8-9,11H,4-7H2,1-3H3,(H,13,14). The maximum absolute atomic E-state index is 5.49. The second kappa shape index (κ2) is 4.87. The molecular weight excluding hydrogens is 202 g/mol. The fourth-order valence-corrected chi connectivity index (χ4v) is 1.74. The summed E-state index contributed by atoms with van der Waals surface area (Å²) in [6.07, 6.45) is 5.00. The molecule has 16 heavy (non-hydrogen) atoms. The molecule has 0 atom stereocenters. The number of aromatic nitrogens is 2. The summed E-state index contributed by atoms with van der Waals surface area (Å²) in [6, 6.07) is 0.676. The fourth-order valence-electron chi connectivity index (χ4n) is 1.74. The van der Waals surface area contributed by atoms with Crippen molar-refractivity contribution < 1.29 is 4.74 Å². The quantitative estimate of drug-likeness (QED) is 0.752. The summed E-state index contributed by atoms with van der Waals surface area (Å²) >= 11 is 0. The molecule has 0 aliphatic heterocycles. The van der Waals surface area contributed by atoms with Gasteiger partial charge in [0.25, 0.3) is 0 Å². The van der Waals surface area contributed by atoms with Gasteiger partial charge in [0.2, 0.25) is 5.95 Å². The van der Waals surface area contributed by atoms with Crippen molar-refractivity contribution >= 4 is 5.95 Å². The Morgan fingerprint density at radius 1 is 1.56 bits per heavy atom. The molecule has 1 aliphatic rings. The van der Waals surface area contributed by atoms with Crippen LogP contribution in [-0.2, 0) is 4.74 Å². The van der Waals surface area contributed by atoms with Crippen molar-refractivity contribution in [2.75, 3.05) is 18.5 Å². The lowest BCUT2D eigenvalue weighted by Gasteiger charge is -2.10. The number of aryl methyl sites for hydroxylation is 1. The van der Waals surface area contributed by atoms with Gasteiger partial charge in [-0.15, -0.1) is 0 Å². The van der Waals surface area contributed by atoms with Crippen LogP contribution < -0.4 is 5.32 Å². The van der Waals surface area contributed by atoms with Crippen LogP contribution in [0.4, 0.5) is 5.95 Å². The molecule has 2 rings (SSSR count). The lowest BCUT2D eigenvalue weighted by molar-refractivity contribution is 0.0869. The average Bonchev–Trinajstić information content (AvgIpc) is 2.98. The van der Waals surface area contributed by atoms with Crippen LogP contribution in [0.5, 0.6) is 0 Å². The van der Waals surface area contributed by atoms with Crippen LogP contribution in [0.15, 0.2) is 6.20 Å². The first-order valence-electron chi connectivity index (χ1n) is 6.08. The van der Waals surface area contributed by atoms with Gasteiger partial charge < -0.3 is 14.6 Å². The summed E-state index contributed by atoms with van der Waals surface area (Å²) < 4.78 is 7.74. The highest BCUT2D eigenvalue weighted by Crippen LogP contribution is 2.37. The highest BCUT2D eigenvalue weighted by atomic mass is 16.5. The predicted molar refractivity (Wildman–Crippen MR) is 64.8 cm³/mol. The van der Waals surface area contributed by atoms with Gasteiger partial charge in [-0.2, -0.15) is 0 Å². The van der Waals surface area contributed by atoms with Crippen molar-refractivity contribution in [3.05, 3.63) is 11.9 Å². The highest BCUT2D eigenvalue weighted by molar-refractivity contribution is 5.30. The summed E-state index contributed by atoms with van der Waals surface area (Å²) in [5.74, 6) is 0.993. The average molecular weight is 223 g/mol. The number of rotatable bonds is 6. The van der Waals surface area contributed by atoms with Crippen molar-refractivity contribution in [3.63, 3.8) is 0 Å². The van der Waals surface area contributed by atoms with Crippen LogP contribution in [0.3, 0.4) is 0 Å². The molecule has 1 aromatic rings. The van der Waals surface area contributed by atoms with Gasteiger partial charge >= 0.3 is 0 Å². The molecule has 1 heterocycles. The zero-order valence-corrected chi connectivity index (χ0v) is 10.4. The topological polar surface area (TPSA) is 39.1 Å². The Labute approximate surface area is 97.0 Å². The van der Waals surface area contributed by atoms with E-state index in [1.807, 2.05) is 6.92 Å². The van der Waals surface area contributed by atoms with E-state index >= 15 is 0 Å². The maximum Gasteiger partial charge on any atom is 0.203 e. The van der Waals surface area contributed by atoms with Crippen LogP contribution in [0.1, 0.15) is 38.4 Å². The first-order chi connectivity index (χ1) is 7.66. The second-order valence-corrected chi connectivity index (χ2v) is 4.69. The number of nitrogens with one attached hydrogen (secondary N) is 1. The molecule has 0 bridgehead atoms. The van der Waals surface area contributed by atoms with Gasteiger partial charge in [0.1, 0.15) is 0 Å². The Morgan fingerprint density at radius 3 is 2.94 bits per heavy atom. The Balaban J connectivity index is 1.83. The normalized spacial score (nSPS) is 15.8. The molecule has 4 heteroatoms. The number of hydrogen-bond donors (Lipinski definition) is 1. The third kappa shape index (κ3) is 2.98. The van der Waals surface area contributed by atoms with E-state index in [0.29, 0.717) is 12.1 Å². The third-order valence-electron chi connectivity index (χ3n) is 2.63. The minimum atomic E-state index is 0.298. The first-order valence-corrected chi connectivity index (χ1v) is 6.08. The monoisotopic (exact) mass is 223 g/mol. The molecule has 0 radical (unpaired) electrons. The van der Waals surface area contributed by atoms with E-state index in [4.69, 9.17) is 4.74 Å². The molecule has 0 spiro atoms. The Kier molecular flexibility index (Phi) is 3.49. The largest absolute Gasteiger partial charge is 0.377 e. The molecule has 1 fully saturated rings. The summed E-state index contributed by atoms with van der Waals surface area (Å²) in [5, 5.41) is 3.34. The summed E-state index contributed by atoms with van der Waals surface area (Å²) in [5.41, 5.74) is 1.08. The molecule has 1 N–H and O–H groups in total. The van der Waals surface area contributed by atoms with Crippen LogP contribution in [0.2, 0.25) is 0 Å². The number of nitrogens with zero attached hydrogens (tertiary/aromatic N) is 2. The lowest BCUT2D eigenvalue weighted by atomic mass is 10.5. The van der Waals surface area contributed by atoms with E-state index in [1.54, 1.807) is 0 Å². The van der Waals surface area contributed by atoms with Crippen molar-refractivity contribution in [2.45, 2.75) is 45.8 Å². The van der Waals surface area contributed by atoms with Gasteiger partial charge in [-0.1, -0.05) is 0 Å². The summed E-state index contributed by atoms with van der Waals surface area (Å²) in [4.78, 5) is 4.48. The SMILES string of the molecule is Cc1cn(C2CC2)c(NCCOC(C)C)n1. The predicted octanol–water partition coefficient (Wildman–Crippen LogP) is 2.36. The molecular formula is C12H21N3O. The zero-order chi connectivity index (χ0) is 11.5. The minimum absolute atomic E-state index is 0.298. The Hall–Kier alpha value is -1.03. The van der Waals surface area contributed by atoms with Gasteiger partial charge in [0.15, 0.2) is 0 Å². The number of ether oxygens (including phenoxy) is 1. The van der Waals surface area contributed by atoms with Gasteiger partial charge in [-0.3, -0.25) is 0 Å². The Bertz CT molecular complexity index is 342. The van der Waals surface area contributed by atoms with E-state index in [1.165, 1.54) is 12.8 Å². The molecule has 1 saturated carbocycles. The lowest BCUT2D eigenvalue weighted by Crippen LogP contribution is -2.15. The zero-order valence-electron chi connectivity index (χ0n) is 10.4. The number of imidazole rings is 1. The van der Waals surface area contributed by atoms with E-state index < -0.39 is 0 Å². The molecule has 90 valence electrons. The van der Waals surface area contributed by atoms with Crippen LogP contribution >= 0.6 is 0 Å². The fraction of sp³-hybridized carbons (Fsp3) is 0.750. The second-order valence-electron chi connectivity index (χ2n) is 4.69. The Morgan fingerprint density at radius 2 is 2.31 bits per heavy atom. The van der Waals surface area contributed by atoms with Crippen LogP contribution in [-0.4, -0.2) is 28.8 Å². The molecule has 0 unspecified atom stereocenters. The van der Waals surface area contributed by atoms with Gasteiger partial charge in [0.05, 0.1) is 18.4 Å². The van der Waals surface area contributed by atoms with Gasteiger partial charge in [-0.05, 0) is 33.6 Å². The smallest absolute Gasteiger partial charge is 0.203 e. The summed E-state index contributed by atoms with van der Waals surface area (Å²) in [6.45, 7) is 7.69. The van der Waals surface area contributed by atoms with E-state index in [9.17, 15) is 0 Å². The molecule has 1 aromatic heterocycles. The minimum Gasteiger partial charge on any atom is -0.377 e. The van der Waals surface area contributed by atoms with Gasteiger partial charge in [-0.25, -0.2) is 4.98 Å². The maximum atomic E-state index is 5.49. The molecule has 0 aromatic carbocycles. The van der Waals surface area contributed by atoms with Crippen LogP contribution in [0.25, 0.3) is 0 Å². The molecule has 4 nitrogen and oxygen atoms in total. The first kappa shape index (κ1) is 11.5. The number of hydrogen-bond acceptors (Lipinski definition) is 3. The molecule has 0 amide bonds. The van der Waals surface area contributed by atoms with E-state index in [2.05, 4.69) is 34.9 Å². The van der Waals surface area contributed by atoms with E-state index in [-0.39, 0.29) is 0 Å². The highest BCUT2D eigenvalue weighted by Gasteiger charge is 2.25.